The van der Waals surface area contributed by atoms with E-state index in [2.05, 4.69) is 4.90 Å². The fourth-order valence-electron chi connectivity index (χ4n) is 5.54. The summed E-state index contributed by atoms with van der Waals surface area (Å²) in [4.78, 5) is 16.9. The van der Waals surface area contributed by atoms with E-state index in [0.717, 1.165) is 51.9 Å². The first-order chi connectivity index (χ1) is 12.1. The van der Waals surface area contributed by atoms with Crippen LogP contribution in [0.5, 0.6) is 0 Å². The van der Waals surface area contributed by atoms with E-state index in [-0.39, 0.29) is 17.6 Å². The van der Waals surface area contributed by atoms with E-state index >= 15 is 0 Å². The monoisotopic (exact) mass is 350 g/mol. The zero-order valence-corrected chi connectivity index (χ0v) is 15.5. The molecule has 4 aliphatic rings. The summed E-state index contributed by atoms with van der Waals surface area (Å²) in [5.74, 6) is -0.0363. The number of hydrogen-bond acceptors (Lipinski definition) is 4. The lowest BCUT2D eigenvalue weighted by Gasteiger charge is -2.41. The fraction of sp³-hybridized carbons (Fsp3) is 0.950. The van der Waals surface area contributed by atoms with Crippen molar-refractivity contribution in [1.29, 1.82) is 0 Å². The molecule has 2 unspecified atom stereocenters. The summed E-state index contributed by atoms with van der Waals surface area (Å²) in [6.45, 7) is 3.96. The molecule has 1 spiro atoms. The Morgan fingerprint density at radius 2 is 1.72 bits per heavy atom. The van der Waals surface area contributed by atoms with Gasteiger partial charge in [0, 0.05) is 26.2 Å². The quantitative estimate of drug-likeness (QED) is 0.849. The molecule has 3 heterocycles. The van der Waals surface area contributed by atoms with Crippen molar-refractivity contribution in [3.63, 3.8) is 0 Å². The number of nitrogens with zero attached hydrogens (tertiary/aromatic N) is 2. The summed E-state index contributed by atoms with van der Waals surface area (Å²) in [6, 6.07) is 0. The highest BCUT2D eigenvalue weighted by atomic mass is 16.5. The summed E-state index contributed by atoms with van der Waals surface area (Å²) >= 11 is 0. The molecule has 0 radical (unpaired) electrons. The van der Waals surface area contributed by atoms with Crippen molar-refractivity contribution in [3.8, 4) is 0 Å². The smallest absolute Gasteiger partial charge is 0.255 e. The molecule has 4 fully saturated rings. The average Bonchev–Trinajstić information content (AvgIpc) is 3.26. The Morgan fingerprint density at radius 1 is 0.960 bits per heavy atom. The maximum absolute atomic E-state index is 12.8. The Hall–Kier alpha value is -0.650. The van der Waals surface area contributed by atoms with Gasteiger partial charge in [-0.05, 0) is 57.9 Å². The van der Waals surface area contributed by atoms with Gasteiger partial charge >= 0.3 is 0 Å². The SMILES string of the molecule is O=C(N1CCCC1)C1(O)CCCN(CC2CCC3(CCCCC3)O2)C1. The number of carbonyl (C=O) groups is 1. The molecular formula is C20H34N2O3. The number of β-amino-alcohol motifs (C(OH)–C–C–N with tert-alkyl or cyclic N) is 1. The Labute approximate surface area is 151 Å². The molecule has 1 aliphatic carbocycles. The van der Waals surface area contributed by atoms with Crippen molar-refractivity contribution in [3.05, 3.63) is 0 Å². The van der Waals surface area contributed by atoms with Gasteiger partial charge in [0.2, 0.25) is 0 Å². The molecule has 3 aliphatic heterocycles. The Bertz CT molecular complexity index is 485. The number of hydrogen-bond donors (Lipinski definition) is 1. The number of piperidine rings is 1. The standard InChI is InChI=1S/C20H34N2O3/c23-18(22-13-4-5-14-22)20(24)10-6-12-21(16-20)15-17-7-11-19(25-17)8-2-1-3-9-19/h17,24H,1-16H2. The first-order valence-corrected chi connectivity index (χ1v) is 10.5. The van der Waals surface area contributed by atoms with Gasteiger partial charge in [0.25, 0.3) is 5.91 Å². The van der Waals surface area contributed by atoms with Crippen LogP contribution in [0.3, 0.4) is 0 Å². The van der Waals surface area contributed by atoms with Gasteiger partial charge in [0.15, 0.2) is 5.60 Å². The van der Waals surface area contributed by atoms with E-state index in [0.29, 0.717) is 13.0 Å². The Balaban J connectivity index is 1.33. The van der Waals surface area contributed by atoms with E-state index in [9.17, 15) is 9.90 Å². The Morgan fingerprint density at radius 3 is 2.48 bits per heavy atom. The van der Waals surface area contributed by atoms with Gasteiger partial charge in [-0.2, -0.15) is 0 Å². The number of likely N-dealkylation sites (tertiary alicyclic amines) is 2. The number of carbonyl (C=O) groups excluding carboxylic acids is 1. The molecule has 0 aromatic heterocycles. The number of ether oxygens (including phenoxy) is 1. The van der Waals surface area contributed by atoms with Crippen LogP contribution in [0.2, 0.25) is 0 Å². The molecule has 5 heteroatoms. The number of rotatable bonds is 3. The Kier molecular flexibility index (Phi) is 5.09. The summed E-state index contributed by atoms with van der Waals surface area (Å²) in [5.41, 5.74) is -1.02. The van der Waals surface area contributed by atoms with Crippen LogP contribution in [-0.4, -0.2) is 70.8 Å². The molecule has 1 saturated carbocycles. The zero-order valence-electron chi connectivity index (χ0n) is 15.5. The lowest BCUT2D eigenvalue weighted by molar-refractivity contribution is -0.157. The summed E-state index contributed by atoms with van der Waals surface area (Å²) in [7, 11) is 0. The molecule has 2 atom stereocenters. The molecule has 5 nitrogen and oxygen atoms in total. The van der Waals surface area contributed by atoms with Crippen LogP contribution in [0.15, 0.2) is 0 Å². The maximum atomic E-state index is 12.8. The van der Waals surface area contributed by atoms with Crippen LogP contribution in [0, 0.1) is 0 Å². The second-order valence-electron chi connectivity index (χ2n) is 8.89. The summed E-state index contributed by atoms with van der Waals surface area (Å²) in [6.07, 6.45) is 12.7. The molecule has 4 rings (SSSR count). The average molecular weight is 351 g/mol. The van der Waals surface area contributed by atoms with Crippen molar-refractivity contribution >= 4 is 5.91 Å². The van der Waals surface area contributed by atoms with Gasteiger partial charge in [-0.25, -0.2) is 0 Å². The van der Waals surface area contributed by atoms with Crippen LogP contribution >= 0.6 is 0 Å². The predicted molar refractivity (Wildman–Crippen MR) is 96.4 cm³/mol. The summed E-state index contributed by atoms with van der Waals surface area (Å²) < 4.78 is 6.50. The molecule has 25 heavy (non-hydrogen) atoms. The van der Waals surface area contributed by atoms with E-state index < -0.39 is 5.60 Å². The van der Waals surface area contributed by atoms with Crippen LogP contribution in [0.4, 0.5) is 0 Å². The highest BCUT2D eigenvalue weighted by Crippen LogP contribution is 2.42. The van der Waals surface area contributed by atoms with E-state index in [1.165, 1.54) is 38.5 Å². The third-order valence-corrected chi connectivity index (χ3v) is 6.91. The van der Waals surface area contributed by atoms with Crippen molar-refractivity contribution in [2.45, 2.75) is 87.9 Å². The van der Waals surface area contributed by atoms with Gasteiger partial charge in [-0.15, -0.1) is 0 Å². The van der Waals surface area contributed by atoms with E-state index in [1.807, 2.05) is 4.90 Å². The van der Waals surface area contributed by atoms with E-state index in [4.69, 9.17) is 4.74 Å². The number of amides is 1. The number of aliphatic hydroxyl groups is 1. The molecule has 142 valence electrons. The lowest BCUT2D eigenvalue weighted by Crippen LogP contribution is -2.58. The second kappa shape index (κ2) is 7.16. The third-order valence-electron chi connectivity index (χ3n) is 6.91. The maximum Gasteiger partial charge on any atom is 0.255 e. The van der Waals surface area contributed by atoms with Crippen molar-refractivity contribution < 1.29 is 14.6 Å². The molecule has 1 amide bonds. The van der Waals surface area contributed by atoms with Crippen LogP contribution in [0.25, 0.3) is 0 Å². The van der Waals surface area contributed by atoms with Crippen molar-refractivity contribution in [1.82, 2.24) is 9.80 Å². The van der Waals surface area contributed by atoms with Crippen LogP contribution in [0.1, 0.15) is 70.6 Å². The second-order valence-corrected chi connectivity index (χ2v) is 8.89. The largest absolute Gasteiger partial charge is 0.379 e. The van der Waals surface area contributed by atoms with Gasteiger partial charge in [0.05, 0.1) is 11.7 Å². The minimum Gasteiger partial charge on any atom is -0.379 e. The van der Waals surface area contributed by atoms with Gasteiger partial charge in [-0.1, -0.05) is 19.3 Å². The first-order valence-electron chi connectivity index (χ1n) is 10.5. The first kappa shape index (κ1) is 17.7. The molecule has 1 N–H and O–H groups in total. The minimum atomic E-state index is -1.18. The molecule has 0 bridgehead atoms. The minimum absolute atomic E-state index is 0.0363. The van der Waals surface area contributed by atoms with Gasteiger partial charge in [0.1, 0.15) is 0 Å². The zero-order chi connectivity index (χ0) is 17.3. The van der Waals surface area contributed by atoms with Crippen molar-refractivity contribution in [2.24, 2.45) is 0 Å². The predicted octanol–water partition coefficient (Wildman–Crippen LogP) is 2.32. The normalized spacial score (nSPS) is 36.2. The summed E-state index contributed by atoms with van der Waals surface area (Å²) in [5, 5.41) is 11.0. The van der Waals surface area contributed by atoms with Crippen LogP contribution < -0.4 is 0 Å². The topological polar surface area (TPSA) is 53.0 Å². The fourth-order valence-corrected chi connectivity index (χ4v) is 5.54. The van der Waals surface area contributed by atoms with Gasteiger partial charge < -0.3 is 14.7 Å². The highest BCUT2D eigenvalue weighted by molar-refractivity contribution is 5.85. The molecule has 3 saturated heterocycles. The molecule has 0 aromatic carbocycles. The molecule has 0 aromatic rings. The lowest BCUT2D eigenvalue weighted by atomic mass is 9.83. The van der Waals surface area contributed by atoms with Gasteiger partial charge in [-0.3, -0.25) is 9.69 Å². The van der Waals surface area contributed by atoms with Crippen molar-refractivity contribution in [2.75, 3.05) is 32.7 Å². The molecular weight excluding hydrogens is 316 g/mol. The highest BCUT2D eigenvalue weighted by Gasteiger charge is 2.45. The van der Waals surface area contributed by atoms with Crippen LogP contribution in [-0.2, 0) is 9.53 Å². The third kappa shape index (κ3) is 3.74. The van der Waals surface area contributed by atoms with E-state index in [1.54, 1.807) is 0 Å².